The van der Waals surface area contributed by atoms with E-state index in [0.29, 0.717) is 12.1 Å². The molecule has 1 saturated heterocycles. The van der Waals surface area contributed by atoms with E-state index in [2.05, 4.69) is 21.0 Å². The molecule has 1 rings (SSSR count). The topological polar surface area (TPSA) is 21.3 Å². The monoisotopic (exact) mass is 125 g/mol. The average Bonchev–Trinajstić information content (AvgIpc) is 1.88. The minimum Gasteiger partial charge on any atom is -0.382 e. The van der Waals surface area contributed by atoms with Crippen LogP contribution in [0.2, 0.25) is 6.32 Å². The summed E-state index contributed by atoms with van der Waals surface area (Å²) in [5, 5.41) is 3.31. The molecular weight excluding hydrogens is 112 g/mol. The van der Waals surface area contributed by atoms with E-state index >= 15 is 0 Å². The maximum absolute atomic E-state index is 5.57. The molecule has 2 unspecified atom stereocenters. The lowest BCUT2D eigenvalue weighted by Gasteiger charge is -2.28. The summed E-state index contributed by atoms with van der Waals surface area (Å²) in [5.41, 5.74) is 0. The Labute approximate surface area is 58.2 Å². The van der Waals surface area contributed by atoms with E-state index < -0.39 is 0 Å². The molecule has 0 radical (unpaired) electrons. The van der Waals surface area contributed by atoms with E-state index in [1.165, 1.54) is 0 Å². The Balaban J connectivity index is 2.23. The zero-order valence-corrected chi connectivity index (χ0v) is 6.18. The fourth-order valence-electron chi connectivity index (χ4n) is 1.11. The normalized spacial score (nSPS) is 36.4. The molecule has 0 saturated carbocycles. The molecule has 0 amide bonds. The summed E-state index contributed by atoms with van der Waals surface area (Å²) in [6.07, 6.45) is 1.57. The molecule has 0 aromatic carbocycles. The van der Waals surface area contributed by atoms with Crippen molar-refractivity contribution < 1.29 is 4.74 Å². The van der Waals surface area contributed by atoms with Crippen molar-refractivity contribution in [1.82, 2.24) is 5.32 Å². The van der Waals surface area contributed by atoms with Gasteiger partial charge in [-0.15, -0.1) is 0 Å². The highest BCUT2D eigenvalue weighted by Crippen LogP contribution is 2.02. The van der Waals surface area contributed by atoms with Crippen LogP contribution < -0.4 is 5.32 Å². The molecule has 1 heterocycles. The maximum atomic E-state index is 5.57. The van der Waals surface area contributed by atoms with Gasteiger partial charge in [0, 0.05) is 19.1 Å². The van der Waals surface area contributed by atoms with Gasteiger partial charge in [-0.25, -0.2) is 0 Å². The van der Waals surface area contributed by atoms with E-state index in [1.807, 2.05) is 0 Å². The lowest BCUT2D eigenvalue weighted by molar-refractivity contribution is 0.0165. The summed E-state index contributed by atoms with van der Waals surface area (Å²) >= 11 is 0. The van der Waals surface area contributed by atoms with Gasteiger partial charge >= 0.3 is 0 Å². The Bertz CT molecular complexity index is 91.0. The summed E-state index contributed by atoms with van der Waals surface area (Å²) in [7, 11) is 4.26. The van der Waals surface area contributed by atoms with Gasteiger partial charge in [-0.2, -0.15) is 0 Å². The van der Waals surface area contributed by atoms with Crippen LogP contribution in [0, 0.1) is 0 Å². The molecule has 4 heteroatoms. The third-order valence-electron chi connectivity index (χ3n) is 1.68. The Morgan fingerprint density at radius 1 is 1.56 bits per heavy atom. The Morgan fingerprint density at radius 3 is 2.78 bits per heavy atom. The van der Waals surface area contributed by atoms with Crippen molar-refractivity contribution in [2.75, 3.05) is 13.1 Å². The van der Waals surface area contributed by atoms with Gasteiger partial charge in [0.2, 0.25) is 0 Å². The van der Waals surface area contributed by atoms with Crippen molar-refractivity contribution in [2.45, 2.75) is 18.4 Å². The minimum absolute atomic E-state index is 0.406. The number of nitrogens with one attached hydrogen (secondary N) is 1. The molecule has 1 aliphatic rings. The lowest BCUT2D eigenvalue weighted by atomic mass is 9.94. The molecule has 0 aliphatic carbocycles. The van der Waals surface area contributed by atoms with Crippen LogP contribution >= 0.6 is 0 Å². The fourth-order valence-corrected chi connectivity index (χ4v) is 1.11. The van der Waals surface area contributed by atoms with Crippen LogP contribution in [0.5, 0.6) is 0 Å². The Hall–Kier alpha value is 0.0499. The van der Waals surface area contributed by atoms with Crippen molar-refractivity contribution >= 4 is 15.7 Å². The van der Waals surface area contributed by atoms with Gasteiger partial charge in [0.05, 0.1) is 6.10 Å². The standard InChI is InChI=1S/C5H13B2NO/c6-1-4-2-8-3-5(7)9-4/h4-5,8H,1-3,6-7H2. The predicted octanol–water partition coefficient (Wildman–Crippen LogP) is -2.01. The fraction of sp³-hybridized carbons (Fsp3) is 1.00. The van der Waals surface area contributed by atoms with Crippen molar-refractivity contribution in [2.24, 2.45) is 0 Å². The predicted molar refractivity (Wildman–Crippen MR) is 43.4 cm³/mol. The molecule has 1 aliphatic heterocycles. The van der Waals surface area contributed by atoms with Gasteiger partial charge in [0.25, 0.3) is 0 Å². The second-order valence-corrected chi connectivity index (χ2v) is 2.64. The number of hydrogen-bond donors (Lipinski definition) is 1. The molecule has 0 spiro atoms. The Morgan fingerprint density at radius 2 is 2.33 bits per heavy atom. The number of morpholine rings is 1. The molecule has 0 bridgehead atoms. The van der Waals surface area contributed by atoms with Crippen LogP contribution in [0.3, 0.4) is 0 Å². The highest BCUT2D eigenvalue weighted by Gasteiger charge is 2.15. The van der Waals surface area contributed by atoms with Gasteiger partial charge in [-0.3, -0.25) is 0 Å². The molecule has 1 fully saturated rings. The molecule has 1 N–H and O–H groups in total. The van der Waals surface area contributed by atoms with Gasteiger partial charge in [0.15, 0.2) is 0 Å². The Kier molecular flexibility index (Phi) is 2.61. The second-order valence-electron chi connectivity index (χ2n) is 2.64. The van der Waals surface area contributed by atoms with Crippen LogP contribution in [0.4, 0.5) is 0 Å². The molecule has 0 aromatic heterocycles. The molecular formula is C5H13B2NO. The second kappa shape index (κ2) is 3.28. The first kappa shape index (κ1) is 7.16. The maximum Gasteiger partial charge on any atom is 0.140 e. The molecule has 0 aromatic rings. The quantitative estimate of drug-likeness (QED) is 0.408. The van der Waals surface area contributed by atoms with E-state index in [1.54, 1.807) is 0 Å². The van der Waals surface area contributed by atoms with Crippen molar-refractivity contribution in [3.05, 3.63) is 0 Å². The molecule has 50 valence electrons. The third kappa shape index (κ3) is 2.03. The largest absolute Gasteiger partial charge is 0.382 e. The summed E-state index contributed by atoms with van der Waals surface area (Å²) in [4.78, 5) is 0. The summed E-state index contributed by atoms with van der Waals surface area (Å²) in [5.74, 6) is 0. The number of ether oxygens (including phenoxy) is 1. The minimum atomic E-state index is 0.406. The average molecular weight is 125 g/mol. The van der Waals surface area contributed by atoms with Crippen molar-refractivity contribution in [1.29, 1.82) is 0 Å². The number of rotatable bonds is 1. The highest BCUT2D eigenvalue weighted by atomic mass is 16.5. The van der Waals surface area contributed by atoms with Crippen LogP contribution in [0.25, 0.3) is 0 Å². The highest BCUT2D eigenvalue weighted by molar-refractivity contribution is 6.11. The number of hydrogen-bond acceptors (Lipinski definition) is 2. The zero-order valence-electron chi connectivity index (χ0n) is 6.18. The van der Waals surface area contributed by atoms with Crippen molar-refractivity contribution in [3.8, 4) is 0 Å². The lowest BCUT2D eigenvalue weighted by Crippen LogP contribution is -2.44. The molecule has 2 nitrogen and oxygen atoms in total. The van der Waals surface area contributed by atoms with Crippen LogP contribution in [-0.2, 0) is 4.74 Å². The molecule has 2 atom stereocenters. The smallest absolute Gasteiger partial charge is 0.140 e. The van der Waals surface area contributed by atoms with E-state index in [4.69, 9.17) is 4.74 Å². The first-order chi connectivity index (χ1) is 4.33. The van der Waals surface area contributed by atoms with Crippen LogP contribution in [0.1, 0.15) is 0 Å². The van der Waals surface area contributed by atoms with E-state index in [-0.39, 0.29) is 0 Å². The first-order valence-corrected chi connectivity index (χ1v) is 3.69. The van der Waals surface area contributed by atoms with Gasteiger partial charge < -0.3 is 10.1 Å². The van der Waals surface area contributed by atoms with Crippen molar-refractivity contribution in [3.63, 3.8) is 0 Å². The first-order valence-electron chi connectivity index (χ1n) is 3.69. The summed E-state index contributed by atoms with van der Waals surface area (Å²) in [6, 6.07) is 0.406. The zero-order chi connectivity index (χ0) is 6.69. The summed E-state index contributed by atoms with van der Waals surface area (Å²) < 4.78 is 5.57. The SMILES string of the molecule is BCC1CNCC(B)O1. The summed E-state index contributed by atoms with van der Waals surface area (Å²) in [6.45, 7) is 2.04. The van der Waals surface area contributed by atoms with Crippen LogP contribution in [0.15, 0.2) is 0 Å². The van der Waals surface area contributed by atoms with Crippen LogP contribution in [-0.4, -0.2) is 40.9 Å². The van der Waals surface area contributed by atoms with E-state index in [9.17, 15) is 0 Å². The third-order valence-corrected chi connectivity index (χ3v) is 1.68. The van der Waals surface area contributed by atoms with Gasteiger partial charge in [-0.1, -0.05) is 6.32 Å². The molecule has 9 heavy (non-hydrogen) atoms. The van der Waals surface area contributed by atoms with Gasteiger partial charge in [-0.05, 0) is 0 Å². The van der Waals surface area contributed by atoms with E-state index in [0.717, 1.165) is 19.4 Å². The van der Waals surface area contributed by atoms with Gasteiger partial charge in [0.1, 0.15) is 15.7 Å².